The van der Waals surface area contributed by atoms with Gasteiger partial charge in [0.15, 0.2) is 0 Å². The fraction of sp³-hybridized carbons (Fsp3) is 0.250. The number of ether oxygens (including phenoxy) is 2. The van der Waals surface area contributed by atoms with Gasteiger partial charge < -0.3 is 9.47 Å². The van der Waals surface area contributed by atoms with Crippen LogP contribution in [-0.2, 0) is 16.6 Å². The number of nitrogens with zero attached hydrogens (tertiary/aromatic N) is 1. The lowest BCUT2D eigenvalue weighted by Crippen LogP contribution is -2.23. The fourth-order valence-electron chi connectivity index (χ4n) is 2.86. The SMILES string of the molecule is CCOc1ccc(CN=C2NS(=O)(=O)C(c3ccc(OC)cc3)=C2C)cc1. The lowest BCUT2D eigenvalue weighted by Gasteiger charge is -2.04. The van der Waals surface area contributed by atoms with Gasteiger partial charge in [-0.15, -0.1) is 0 Å². The summed E-state index contributed by atoms with van der Waals surface area (Å²) in [5.74, 6) is 1.84. The molecule has 1 heterocycles. The zero-order valence-corrected chi connectivity index (χ0v) is 16.3. The van der Waals surface area contributed by atoms with Gasteiger partial charge in [-0.2, -0.15) is 0 Å². The molecule has 0 aromatic heterocycles. The predicted molar refractivity (Wildman–Crippen MR) is 106 cm³/mol. The van der Waals surface area contributed by atoms with Crippen molar-refractivity contribution in [3.8, 4) is 11.5 Å². The first kappa shape index (κ1) is 19.0. The minimum Gasteiger partial charge on any atom is -0.497 e. The van der Waals surface area contributed by atoms with Crippen LogP contribution in [0.15, 0.2) is 59.1 Å². The second-order valence-electron chi connectivity index (χ2n) is 6.03. The van der Waals surface area contributed by atoms with Crippen molar-refractivity contribution in [1.29, 1.82) is 0 Å². The number of amidine groups is 1. The van der Waals surface area contributed by atoms with E-state index in [2.05, 4.69) is 9.71 Å². The number of hydrogen-bond acceptors (Lipinski definition) is 5. The van der Waals surface area contributed by atoms with Crippen molar-refractivity contribution >= 4 is 20.8 Å². The molecule has 0 fully saturated rings. The first-order chi connectivity index (χ1) is 12.9. The summed E-state index contributed by atoms with van der Waals surface area (Å²) in [5, 5.41) is 0. The number of benzene rings is 2. The van der Waals surface area contributed by atoms with Crippen molar-refractivity contribution in [2.45, 2.75) is 20.4 Å². The van der Waals surface area contributed by atoms with Crippen molar-refractivity contribution in [3.63, 3.8) is 0 Å². The maximum atomic E-state index is 12.6. The van der Waals surface area contributed by atoms with Crippen molar-refractivity contribution in [3.05, 3.63) is 65.2 Å². The van der Waals surface area contributed by atoms with E-state index in [9.17, 15) is 8.42 Å². The molecule has 7 heteroatoms. The smallest absolute Gasteiger partial charge is 0.264 e. The Morgan fingerprint density at radius 1 is 1.00 bits per heavy atom. The Morgan fingerprint density at radius 2 is 1.63 bits per heavy atom. The van der Waals surface area contributed by atoms with Gasteiger partial charge in [0, 0.05) is 5.57 Å². The van der Waals surface area contributed by atoms with Crippen LogP contribution in [0.2, 0.25) is 0 Å². The fourth-order valence-corrected chi connectivity index (χ4v) is 4.38. The van der Waals surface area contributed by atoms with E-state index >= 15 is 0 Å². The first-order valence-corrected chi connectivity index (χ1v) is 10.1. The second kappa shape index (κ2) is 7.84. The number of rotatable bonds is 6. The lowest BCUT2D eigenvalue weighted by molar-refractivity contribution is 0.340. The predicted octanol–water partition coefficient (Wildman–Crippen LogP) is 3.36. The summed E-state index contributed by atoms with van der Waals surface area (Å²) < 4.78 is 38.2. The van der Waals surface area contributed by atoms with Gasteiger partial charge in [-0.05, 0) is 61.4 Å². The van der Waals surface area contributed by atoms with E-state index in [-0.39, 0.29) is 4.91 Å². The average Bonchev–Trinajstić information content (AvgIpc) is 2.90. The summed E-state index contributed by atoms with van der Waals surface area (Å²) in [7, 11) is -2.07. The van der Waals surface area contributed by atoms with E-state index in [1.807, 2.05) is 31.2 Å². The normalized spacial score (nSPS) is 17.1. The van der Waals surface area contributed by atoms with Crippen LogP contribution in [0.4, 0.5) is 0 Å². The maximum Gasteiger partial charge on any atom is 0.264 e. The van der Waals surface area contributed by atoms with Crippen LogP contribution >= 0.6 is 0 Å². The van der Waals surface area contributed by atoms with Crippen molar-refractivity contribution in [2.24, 2.45) is 4.99 Å². The number of nitrogens with one attached hydrogen (secondary N) is 1. The van der Waals surface area contributed by atoms with Gasteiger partial charge in [0.2, 0.25) is 0 Å². The Labute approximate surface area is 159 Å². The molecule has 0 radical (unpaired) electrons. The summed E-state index contributed by atoms with van der Waals surface area (Å²) in [5.41, 5.74) is 2.18. The minimum absolute atomic E-state index is 0.246. The molecule has 0 bridgehead atoms. The van der Waals surface area contributed by atoms with Crippen molar-refractivity contribution in [1.82, 2.24) is 4.72 Å². The largest absolute Gasteiger partial charge is 0.497 e. The monoisotopic (exact) mass is 386 g/mol. The van der Waals surface area contributed by atoms with Crippen LogP contribution in [-0.4, -0.2) is 28.0 Å². The Hall–Kier alpha value is -2.80. The minimum atomic E-state index is -3.64. The molecule has 0 unspecified atom stereocenters. The second-order valence-corrected chi connectivity index (χ2v) is 7.65. The number of aliphatic imine (C=N–C) groups is 1. The van der Waals surface area contributed by atoms with E-state index in [0.717, 1.165) is 11.3 Å². The molecular formula is C20H22N2O4S. The quantitative estimate of drug-likeness (QED) is 0.826. The van der Waals surface area contributed by atoms with E-state index in [0.29, 0.717) is 35.9 Å². The van der Waals surface area contributed by atoms with E-state index in [4.69, 9.17) is 9.47 Å². The third-order valence-corrected chi connectivity index (χ3v) is 5.74. The molecular weight excluding hydrogens is 364 g/mol. The Bertz CT molecular complexity index is 976. The summed E-state index contributed by atoms with van der Waals surface area (Å²) in [6.45, 7) is 4.68. The molecule has 142 valence electrons. The van der Waals surface area contributed by atoms with Crippen LogP contribution in [0.3, 0.4) is 0 Å². The standard InChI is InChI=1S/C20H22N2O4S/c1-4-26-18-9-5-15(6-10-18)13-21-20-14(2)19(27(23,24)22-20)16-7-11-17(25-3)12-8-16/h5-12H,4,13H2,1-3H3,(H,21,22). The highest BCUT2D eigenvalue weighted by atomic mass is 32.2. The van der Waals surface area contributed by atoms with Crippen molar-refractivity contribution < 1.29 is 17.9 Å². The third kappa shape index (κ3) is 4.14. The Kier molecular flexibility index (Phi) is 5.51. The van der Waals surface area contributed by atoms with Crippen LogP contribution in [0.25, 0.3) is 4.91 Å². The molecule has 1 aliphatic heterocycles. The van der Waals surface area contributed by atoms with Gasteiger partial charge in [-0.3, -0.25) is 9.71 Å². The van der Waals surface area contributed by atoms with Gasteiger partial charge in [0.25, 0.3) is 10.0 Å². The lowest BCUT2D eigenvalue weighted by atomic mass is 10.1. The zero-order chi connectivity index (χ0) is 19.4. The molecule has 0 spiro atoms. The Balaban J connectivity index is 1.85. The van der Waals surface area contributed by atoms with Crippen LogP contribution in [0.1, 0.15) is 25.0 Å². The van der Waals surface area contributed by atoms with Crippen LogP contribution in [0, 0.1) is 0 Å². The summed E-state index contributed by atoms with van der Waals surface area (Å²) in [6.07, 6.45) is 0. The van der Waals surface area contributed by atoms with E-state index in [1.165, 1.54) is 0 Å². The Morgan fingerprint density at radius 3 is 2.22 bits per heavy atom. The molecule has 0 aliphatic carbocycles. The highest BCUT2D eigenvalue weighted by molar-refractivity contribution is 8.00. The molecule has 1 N–H and O–H groups in total. The molecule has 1 aliphatic rings. The summed E-state index contributed by atoms with van der Waals surface area (Å²) >= 11 is 0. The summed E-state index contributed by atoms with van der Waals surface area (Å²) in [6, 6.07) is 14.5. The zero-order valence-electron chi connectivity index (χ0n) is 15.5. The molecule has 0 amide bonds. The summed E-state index contributed by atoms with van der Waals surface area (Å²) in [4.78, 5) is 4.70. The van der Waals surface area contributed by atoms with E-state index in [1.54, 1.807) is 38.3 Å². The van der Waals surface area contributed by atoms with E-state index < -0.39 is 10.0 Å². The molecule has 0 saturated heterocycles. The van der Waals surface area contributed by atoms with Gasteiger partial charge in [0.05, 0.1) is 20.3 Å². The van der Waals surface area contributed by atoms with Gasteiger partial charge in [-0.25, -0.2) is 8.42 Å². The number of sulfonamides is 1. The average molecular weight is 386 g/mol. The number of methoxy groups -OCH3 is 1. The molecule has 27 heavy (non-hydrogen) atoms. The number of hydrogen-bond donors (Lipinski definition) is 1. The first-order valence-electron chi connectivity index (χ1n) is 8.59. The van der Waals surface area contributed by atoms with Gasteiger partial charge in [-0.1, -0.05) is 12.1 Å². The molecule has 0 atom stereocenters. The van der Waals surface area contributed by atoms with Gasteiger partial charge in [0.1, 0.15) is 22.2 Å². The molecule has 2 aromatic rings. The third-order valence-electron chi connectivity index (χ3n) is 4.20. The van der Waals surface area contributed by atoms with Crippen LogP contribution in [0.5, 0.6) is 11.5 Å². The van der Waals surface area contributed by atoms with Crippen molar-refractivity contribution in [2.75, 3.05) is 13.7 Å². The molecule has 3 rings (SSSR count). The highest BCUT2D eigenvalue weighted by Gasteiger charge is 2.32. The molecule has 2 aromatic carbocycles. The highest BCUT2D eigenvalue weighted by Crippen LogP contribution is 2.31. The van der Waals surface area contributed by atoms with Gasteiger partial charge >= 0.3 is 0 Å². The molecule has 6 nitrogen and oxygen atoms in total. The topological polar surface area (TPSA) is 77.0 Å². The maximum absolute atomic E-state index is 12.6. The van der Waals surface area contributed by atoms with Crippen LogP contribution < -0.4 is 14.2 Å². The molecule has 0 saturated carbocycles.